The molecule has 0 spiro atoms. The summed E-state index contributed by atoms with van der Waals surface area (Å²) in [7, 11) is 6.44. The third kappa shape index (κ3) is 2.91. The van der Waals surface area contributed by atoms with Gasteiger partial charge in [0.2, 0.25) is 5.75 Å². The standard InChI is InChI=1S/C19H22N2O4/c1-22-16-6-5-12(9-14(16)20)11-21-8-7-13-15(21)10-17(23-2)19(25-4)18(13)24-3/h5-10H,11,20H2,1-4H3. The van der Waals surface area contributed by atoms with Gasteiger partial charge in [-0.05, 0) is 23.8 Å². The minimum absolute atomic E-state index is 0.587. The number of nitrogens with two attached hydrogens (primary N) is 1. The monoisotopic (exact) mass is 342 g/mol. The van der Waals surface area contributed by atoms with Crippen molar-refractivity contribution >= 4 is 16.6 Å². The highest BCUT2D eigenvalue weighted by Crippen LogP contribution is 2.43. The molecule has 3 rings (SSSR count). The number of anilines is 1. The molecule has 0 radical (unpaired) electrons. The molecular formula is C19H22N2O4. The minimum atomic E-state index is 0.587. The molecule has 6 heteroatoms. The van der Waals surface area contributed by atoms with Crippen molar-refractivity contribution in [3.05, 3.63) is 42.1 Å². The molecular weight excluding hydrogens is 320 g/mol. The van der Waals surface area contributed by atoms with Crippen molar-refractivity contribution in [3.63, 3.8) is 0 Å². The fourth-order valence-electron chi connectivity index (χ4n) is 3.03. The van der Waals surface area contributed by atoms with Crippen LogP contribution in [0.15, 0.2) is 36.5 Å². The Hall–Kier alpha value is -3.02. The zero-order valence-corrected chi connectivity index (χ0v) is 14.8. The van der Waals surface area contributed by atoms with Crippen LogP contribution < -0.4 is 24.7 Å². The topological polar surface area (TPSA) is 67.9 Å². The van der Waals surface area contributed by atoms with E-state index in [1.54, 1.807) is 28.4 Å². The molecule has 1 heterocycles. The summed E-state index contributed by atoms with van der Waals surface area (Å²) in [5.41, 5.74) is 8.69. The van der Waals surface area contributed by atoms with Gasteiger partial charge in [0, 0.05) is 24.2 Å². The number of nitrogen functional groups attached to an aromatic ring is 1. The molecule has 0 saturated carbocycles. The highest BCUT2D eigenvalue weighted by molar-refractivity contribution is 5.91. The Kier molecular flexibility index (Phi) is 4.61. The van der Waals surface area contributed by atoms with Crippen LogP contribution in [0.25, 0.3) is 10.9 Å². The smallest absolute Gasteiger partial charge is 0.204 e. The van der Waals surface area contributed by atoms with E-state index in [1.165, 1.54) is 0 Å². The normalized spacial score (nSPS) is 10.7. The van der Waals surface area contributed by atoms with E-state index < -0.39 is 0 Å². The molecule has 3 aromatic rings. The van der Waals surface area contributed by atoms with Gasteiger partial charge in [-0.1, -0.05) is 6.07 Å². The maximum atomic E-state index is 6.01. The van der Waals surface area contributed by atoms with Gasteiger partial charge in [0.1, 0.15) is 5.75 Å². The molecule has 0 saturated heterocycles. The molecule has 0 aliphatic heterocycles. The van der Waals surface area contributed by atoms with Crippen LogP contribution in [0.5, 0.6) is 23.0 Å². The number of methoxy groups -OCH3 is 4. The summed E-state index contributed by atoms with van der Waals surface area (Å²) < 4.78 is 23.8. The van der Waals surface area contributed by atoms with Crippen molar-refractivity contribution < 1.29 is 18.9 Å². The molecule has 0 fully saturated rings. The predicted molar refractivity (Wildman–Crippen MR) is 98.1 cm³/mol. The van der Waals surface area contributed by atoms with E-state index >= 15 is 0 Å². The summed E-state index contributed by atoms with van der Waals surface area (Å²) in [4.78, 5) is 0. The summed E-state index contributed by atoms with van der Waals surface area (Å²) in [6.45, 7) is 0.663. The Morgan fingerprint density at radius 3 is 2.16 bits per heavy atom. The Labute approximate surface area is 146 Å². The number of benzene rings is 2. The van der Waals surface area contributed by atoms with Crippen LogP contribution in [0.4, 0.5) is 5.69 Å². The van der Waals surface area contributed by atoms with Crippen molar-refractivity contribution in [2.75, 3.05) is 34.2 Å². The summed E-state index contributed by atoms with van der Waals surface area (Å²) in [5, 5.41) is 0.960. The van der Waals surface area contributed by atoms with Gasteiger partial charge in [0.15, 0.2) is 11.5 Å². The summed E-state index contributed by atoms with van der Waals surface area (Å²) in [5.74, 6) is 2.55. The summed E-state index contributed by atoms with van der Waals surface area (Å²) in [6, 6.07) is 9.74. The second kappa shape index (κ2) is 6.84. The van der Waals surface area contributed by atoms with E-state index in [-0.39, 0.29) is 0 Å². The number of hydrogen-bond acceptors (Lipinski definition) is 5. The van der Waals surface area contributed by atoms with Crippen LogP contribution in [-0.2, 0) is 6.54 Å². The van der Waals surface area contributed by atoms with Crippen LogP contribution in [0.1, 0.15) is 5.56 Å². The maximum absolute atomic E-state index is 6.01. The van der Waals surface area contributed by atoms with Gasteiger partial charge in [-0.2, -0.15) is 0 Å². The lowest BCUT2D eigenvalue weighted by molar-refractivity contribution is 0.327. The van der Waals surface area contributed by atoms with Gasteiger partial charge in [0.25, 0.3) is 0 Å². The number of rotatable bonds is 6. The van der Waals surface area contributed by atoms with E-state index in [0.29, 0.717) is 35.2 Å². The van der Waals surface area contributed by atoms with Crippen LogP contribution in [0.3, 0.4) is 0 Å². The molecule has 132 valence electrons. The first kappa shape index (κ1) is 16.8. The Balaban J connectivity index is 2.07. The lowest BCUT2D eigenvalue weighted by Crippen LogP contribution is -2.01. The lowest BCUT2D eigenvalue weighted by atomic mass is 10.1. The molecule has 0 unspecified atom stereocenters. The molecule has 2 N–H and O–H groups in total. The van der Waals surface area contributed by atoms with Gasteiger partial charge in [0.05, 0.1) is 39.6 Å². The summed E-state index contributed by atoms with van der Waals surface area (Å²) >= 11 is 0. The second-order valence-corrected chi connectivity index (χ2v) is 5.60. The average Bonchev–Trinajstić information content (AvgIpc) is 3.02. The molecule has 0 amide bonds. The fraction of sp³-hybridized carbons (Fsp3) is 0.263. The van der Waals surface area contributed by atoms with E-state index in [9.17, 15) is 0 Å². The zero-order chi connectivity index (χ0) is 18.0. The highest BCUT2D eigenvalue weighted by atomic mass is 16.5. The van der Waals surface area contributed by atoms with Gasteiger partial charge < -0.3 is 29.2 Å². The number of nitrogens with zero attached hydrogens (tertiary/aromatic N) is 1. The van der Waals surface area contributed by atoms with Crippen molar-refractivity contribution in [2.45, 2.75) is 6.54 Å². The van der Waals surface area contributed by atoms with Crippen molar-refractivity contribution in [1.29, 1.82) is 0 Å². The molecule has 0 atom stereocenters. The third-order valence-corrected chi connectivity index (χ3v) is 4.22. The quantitative estimate of drug-likeness (QED) is 0.696. The van der Waals surface area contributed by atoms with Crippen molar-refractivity contribution in [1.82, 2.24) is 4.57 Å². The molecule has 0 aliphatic carbocycles. The van der Waals surface area contributed by atoms with Crippen LogP contribution in [0.2, 0.25) is 0 Å². The van der Waals surface area contributed by atoms with Crippen LogP contribution in [-0.4, -0.2) is 33.0 Å². The SMILES string of the molecule is COc1ccc(Cn2ccc3c(OC)c(OC)c(OC)cc32)cc1N. The zero-order valence-electron chi connectivity index (χ0n) is 14.8. The van der Waals surface area contributed by atoms with Crippen molar-refractivity contribution in [3.8, 4) is 23.0 Å². The number of fused-ring (bicyclic) bond motifs is 1. The van der Waals surface area contributed by atoms with Gasteiger partial charge in [-0.25, -0.2) is 0 Å². The third-order valence-electron chi connectivity index (χ3n) is 4.22. The molecule has 0 aliphatic rings. The number of ether oxygens (including phenoxy) is 4. The first-order chi connectivity index (χ1) is 12.1. The largest absolute Gasteiger partial charge is 0.495 e. The Morgan fingerprint density at radius 1 is 0.840 bits per heavy atom. The first-order valence-corrected chi connectivity index (χ1v) is 7.83. The Morgan fingerprint density at radius 2 is 1.56 bits per heavy atom. The van der Waals surface area contributed by atoms with E-state index in [1.807, 2.05) is 36.5 Å². The molecule has 25 heavy (non-hydrogen) atoms. The van der Waals surface area contributed by atoms with Gasteiger partial charge >= 0.3 is 0 Å². The fourth-order valence-corrected chi connectivity index (χ4v) is 3.03. The van der Waals surface area contributed by atoms with Crippen LogP contribution >= 0.6 is 0 Å². The highest BCUT2D eigenvalue weighted by Gasteiger charge is 2.18. The molecule has 0 bridgehead atoms. The lowest BCUT2D eigenvalue weighted by Gasteiger charge is -2.14. The van der Waals surface area contributed by atoms with E-state index in [0.717, 1.165) is 16.5 Å². The Bertz CT molecular complexity index is 902. The molecule has 6 nitrogen and oxygen atoms in total. The number of aromatic nitrogens is 1. The average molecular weight is 342 g/mol. The van der Waals surface area contributed by atoms with Crippen LogP contribution in [0, 0.1) is 0 Å². The summed E-state index contributed by atoms with van der Waals surface area (Å²) in [6.07, 6.45) is 2.01. The molecule has 1 aromatic heterocycles. The van der Waals surface area contributed by atoms with Crippen molar-refractivity contribution in [2.24, 2.45) is 0 Å². The minimum Gasteiger partial charge on any atom is -0.495 e. The first-order valence-electron chi connectivity index (χ1n) is 7.83. The van der Waals surface area contributed by atoms with E-state index in [2.05, 4.69) is 4.57 Å². The predicted octanol–water partition coefficient (Wildman–Crippen LogP) is 3.31. The van der Waals surface area contributed by atoms with Gasteiger partial charge in [-0.15, -0.1) is 0 Å². The maximum Gasteiger partial charge on any atom is 0.204 e. The van der Waals surface area contributed by atoms with Gasteiger partial charge in [-0.3, -0.25) is 0 Å². The number of hydrogen-bond donors (Lipinski definition) is 1. The van der Waals surface area contributed by atoms with E-state index in [4.69, 9.17) is 24.7 Å². The molecule has 2 aromatic carbocycles. The second-order valence-electron chi connectivity index (χ2n) is 5.60.